The molecule has 1 aromatic rings. The number of carbonyl (C=O) groups excluding carboxylic acids is 1. The fourth-order valence-corrected chi connectivity index (χ4v) is 2.52. The third-order valence-corrected chi connectivity index (χ3v) is 3.50. The van der Waals surface area contributed by atoms with Crippen LogP contribution in [0.4, 0.5) is 10.5 Å². The van der Waals surface area contributed by atoms with E-state index < -0.39 is 5.97 Å². The molecule has 0 aromatic carbocycles. The van der Waals surface area contributed by atoms with E-state index in [-0.39, 0.29) is 12.6 Å². The van der Waals surface area contributed by atoms with E-state index in [1.807, 2.05) is 0 Å². The molecule has 2 rings (SSSR count). The summed E-state index contributed by atoms with van der Waals surface area (Å²) in [6, 6.07) is -0.280. The maximum absolute atomic E-state index is 11.6. The zero-order chi connectivity index (χ0) is 14.4. The third kappa shape index (κ3) is 4.56. The molecule has 1 aromatic heterocycles. The number of carbonyl (C=O) groups is 2. The molecule has 7 heteroatoms. The minimum absolute atomic E-state index is 0.217. The van der Waals surface area contributed by atoms with Gasteiger partial charge in [0.1, 0.15) is 6.54 Å². The molecule has 2 amide bonds. The predicted octanol–water partition coefficient (Wildman–Crippen LogP) is 1.67. The maximum Gasteiger partial charge on any atom is 0.325 e. The number of nitrogens with zero attached hydrogens (tertiary/aromatic N) is 2. The van der Waals surface area contributed by atoms with E-state index >= 15 is 0 Å². The number of aromatic nitrogens is 2. The van der Waals surface area contributed by atoms with Gasteiger partial charge in [-0.25, -0.2) is 4.79 Å². The number of anilines is 1. The van der Waals surface area contributed by atoms with Crippen molar-refractivity contribution >= 4 is 17.7 Å². The van der Waals surface area contributed by atoms with E-state index in [9.17, 15) is 9.59 Å². The summed E-state index contributed by atoms with van der Waals surface area (Å²) in [7, 11) is 0. The summed E-state index contributed by atoms with van der Waals surface area (Å²) in [6.45, 7) is 0.449. The molecule has 1 saturated carbocycles. The van der Waals surface area contributed by atoms with Crippen LogP contribution in [0.2, 0.25) is 0 Å². The van der Waals surface area contributed by atoms with Crippen LogP contribution in [-0.4, -0.2) is 33.4 Å². The molecule has 0 radical (unpaired) electrons. The van der Waals surface area contributed by atoms with Gasteiger partial charge in [0.05, 0.1) is 11.9 Å². The van der Waals surface area contributed by atoms with Gasteiger partial charge in [0.25, 0.3) is 0 Å². The highest BCUT2D eigenvalue weighted by molar-refractivity contribution is 5.88. The van der Waals surface area contributed by atoms with Crippen LogP contribution in [0.1, 0.15) is 32.1 Å². The number of carboxylic acids is 1. The molecular weight excluding hydrogens is 260 g/mol. The monoisotopic (exact) mass is 280 g/mol. The number of nitrogens with one attached hydrogen (secondary N) is 2. The molecule has 0 atom stereocenters. The fourth-order valence-electron chi connectivity index (χ4n) is 2.52. The summed E-state index contributed by atoms with van der Waals surface area (Å²) in [5, 5.41) is 17.9. The normalized spacial score (nSPS) is 15.2. The molecule has 1 heterocycles. The second-order valence-electron chi connectivity index (χ2n) is 5.14. The molecule has 7 nitrogen and oxygen atoms in total. The Morgan fingerprint density at radius 3 is 2.85 bits per heavy atom. The van der Waals surface area contributed by atoms with Crippen LogP contribution in [0.3, 0.4) is 0 Å². The van der Waals surface area contributed by atoms with Crippen LogP contribution in [-0.2, 0) is 11.3 Å². The Balaban J connectivity index is 1.68. The van der Waals surface area contributed by atoms with Gasteiger partial charge in [0, 0.05) is 12.7 Å². The summed E-state index contributed by atoms with van der Waals surface area (Å²) in [6.07, 6.45) is 9.09. The van der Waals surface area contributed by atoms with Crippen LogP contribution in [0.25, 0.3) is 0 Å². The Morgan fingerprint density at radius 1 is 1.40 bits per heavy atom. The van der Waals surface area contributed by atoms with Crippen molar-refractivity contribution < 1.29 is 14.7 Å². The largest absolute Gasteiger partial charge is 0.480 e. The molecule has 0 unspecified atom stereocenters. The zero-order valence-corrected chi connectivity index (χ0v) is 11.3. The van der Waals surface area contributed by atoms with E-state index in [2.05, 4.69) is 15.7 Å². The number of hydrogen-bond acceptors (Lipinski definition) is 3. The molecule has 1 aliphatic rings. The van der Waals surface area contributed by atoms with E-state index in [0.29, 0.717) is 12.2 Å². The topological polar surface area (TPSA) is 96.2 Å². The molecule has 0 aliphatic heterocycles. The lowest BCUT2D eigenvalue weighted by Gasteiger charge is -2.09. The Hall–Kier alpha value is -2.05. The van der Waals surface area contributed by atoms with Crippen LogP contribution in [0.15, 0.2) is 12.4 Å². The van der Waals surface area contributed by atoms with Gasteiger partial charge in [0.15, 0.2) is 0 Å². The lowest BCUT2D eigenvalue weighted by atomic mass is 10.0. The second-order valence-corrected chi connectivity index (χ2v) is 5.14. The van der Waals surface area contributed by atoms with E-state index in [4.69, 9.17) is 5.11 Å². The Morgan fingerprint density at radius 2 is 2.15 bits per heavy atom. The van der Waals surface area contributed by atoms with Gasteiger partial charge in [-0.15, -0.1) is 0 Å². The lowest BCUT2D eigenvalue weighted by Crippen LogP contribution is -2.30. The van der Waals surface area contributed by atoms with E-state index in [1.165, 1.54) is 42.8 Å². The van der Waals surface area contributed by atoms with Gasteiger partial charge in [-0.3, -0.25) is 9.48 Å². The van der Waals surface area contributed by atoms with Crippen molar-refractivity contribution in [3.8, 4) is 0 Å². The SMILES string of the molecule is O=C(O)Cn1cc(NC(=O)NCCC2CCCC2)cn1. The van der Waals surface area contributed by atoms with Crippen LogP contribution < -0.4 is 10.6 Å². The highest BCUT2D eigenvalue weighted by Crippen LogP contribution is 2.26. The first-order valence-corrected chi connectivity index (χ1v) is 6.92. The van der Waals surface area contributed by atoms with Crippen molar-refractivity contribution in [1.29, 1.82) is 0 Å². The van der Waals surface area contributed by atoms with Gasteiger partial charge in [-0.1, -0.05) is 25.7 Å². The van der Waals surface area contributed by atoms with Crippen molar-refractivity contribution in [2.24, 2.45) is 5.92 Å². The van der Waals surface area contributed by atoms with Gasteiger partial charge < -0.3 is 15.7 Å². The average molecular weight is 280 g/mol. The molecular formula is C13H20N4O3. The number of urea groups is 1. The molecule has 0 saturated heterocycles. The molecule has 0 spiro atoms. The minimum Gasteiger partial charge on any atom is -0.480 e. The Bertz CT molecular complexity index is 466. The van der Waals surface area contributed by atoms with Crippen molar-refractivity contribution in [2.45, 2.75) is 38.6 Å². The number of amides is 2. The first-order valence-electron chi connectivity index (χ1n) is 6.92. The number of hydrogen-bond donors (Lipinski definition) is 3. The Labute approximate surface area is 117 Å². The van der Waals surface area contributed by atoms with Gasteiger partial charge >= 0.3 is 12.0 Å². The molecule has 0 bridgehead atoms. The fraction of sp³-hybridized carbons (Fsp3) is 0.615. The van der Waals surface area contributed by atoms with Crippen molar-refractivity contribution in [3.63, 3.8) is 0 Å². The third-order valence-electron chi connectivity index (χ3n) is 3.50. The summed E-state index contributed by atoms with van der Waals surface area (Å²) in [5.74, 6) is -0.228. The van der Waals surface area contributed by atoms with Gasteiger partial charge in [0.2, 0.25) is 0 Å². The smallest absolute Gasteiger partial charge is 0.325 e. The van der Waals surface area contributed by atoms with E-state index in [0.717, 1.165) is 12.3 Å². The number of aliphatic carboxylic acids is 1. The molecule has 1 aliphatic carbocycles. The highest BCUT2D eigenvalue weighted by atomic mass is 16.4. The summed E-state index contributed by atoms with van der Waals surface area (Å²) in [4.78, 5) is 22.1. The first kappa shape index (κ1) is 14.4. The quantitative estimate of drug-likeness (QED) is 0.738. The highest BCUT2D eigenvalue weighted by Gasteiger charge is 2.14. The number of rotatable bonds is 6. The van der Waals surface area contributed by atoms with Crippen molar-refractivity contribution in [1.82, 2.24) is 15.1 Å². The summed E-state index contributed by atoms with van der Waals surface area (Å²) in [5.41, 5.74) is 0.490. The number of carboxylic acid groups (broad SMARTS) is 1. The molecule has 110 valence electrons. The molecule has 1 fully saturated rings. The van der Waals surface area contributed by atoms with E-state index in [1.54, 1.807) is 0 Å². The zero-order valence-electron chi connectivity index (χ0n) is 11.3. The maximum atomic E-state index is 11.6. The summed E-state index contributed by atoms with van der Waals surface area (Å²) < 4.78 is 1.26. The van der Waals surface area contributed by atoms with Gasteiger partial charge in [-0.05, 0) is 12.3 Å². The van der Waals surface area contributed by atoms with Crippen molar-refractivity contribution in [2.75, 3.05) is 11.9 Å². The standard InChI is InChI=1S/C13H20N4O3/c18-12(19)9-17-8-11(7-15-17)16-13(20)14-6-5-10-3-1-2-4-10/h7-8,10H,1-6,9H2,(H,18,19)(H2,14,16,20). The van der Waals surface area contributed by atoms with Crippen LogP contribution in [0, 0.1) is 5.92 Å². The summed E-state index contributed by atoms with van der Waals surface area (Å²) >= 11 is 0. The molecule has 20 heavy (non-hydrogen) atoms. The Kier molecular flexibility index (Phi) is 4.97. The lowest BCUT2D eigenvalue weighted by molar-refractivity contribution is -0.137. The first-order chi connectivity index (χ1) is 9.63. The minimum atomic E-state index is -0.972. The average Bonchev–Trinajstić information content (AvgIpc) is 3.00. The molecule has 3 N–H and O–H groups in total. The predicted molar refractivity (Wildman–Crippen MR) is 73.5 cm³/mol. The van der Waals surface area contributed by atoms with Crippen LogP contribution in [0.5, 0.6) is 0 Å². The second kappa shape index (κ2) is 6.93. The van der Waals surface area contributed by atoms with Crippen molar-refractivity contribution in [3.05, 3.63) is 12.4 Å². The van der Waals surface area contributed by atoms with Crippen LogP contribution >= 0.6 is 0 Å². The van der Waals surface area contributed by atoms with Gasteiger partial charge in [-0.2, -0.15) is 5.10 Å².